The minimum absolute atomic E-state index is 0.208. The van der Waals surface area contributed by atoms with Gasteiger partial charge in [-0.25, -0.2) is 4.98 Å². The number of amides is 2. The van der Waals surface area contributed by atoms with Gasteiger partial charge in [0.25, 0.3) is 0 Å². The van der Waals surface area contributed by atoms with E-state index in [0.717, 1.165) is 11.0 Å². The SMILES string of the molecule is CCC(c1ccc(C(F)(F)F)cn1)N(C)C(=O)C(=O)Nc1cnc(N)c2cn[nH]c12. The molecular formula is C18H18F3N7O2. The van der Waals surface area contributed by atoms with Crippen molar-refractivity contribution in [3.63, 3.8) is 0 Å². The lowest BCUT2D eigenvalue weighted by atomic mass is 10.1. The third-order valence-electron chi connectivity index (χ3n) is 4.59. The first-order valence-corrected chi connectivity index (χ1v) is 8.82. The van der Waals surface area contributed by atoms with Crippen LogP contribution in [0.25, 0.3) is 10.9 Å². The minimum Gasteiger partial charge on any atom is -0.383 e. The second-order valence-electron chi connectivity index (χ2n) is 6.48. The molecule has 158 valence electrons. The average Bonchev–Trinajstić information content (AvgIpc) is 3.21. The van der Waals surface area contributed by atoms with E-state index in [-0.39, 0.29) is 17.2 Å². The molecule has 3 rings (SSSR count). The van der Waals surface area contributed by atoms with Gasteiger partial charge in [-0.2, -0.15) is 18.3 Å². The molecule has 3 heterocycles. The molecule has 1 atom stereocenters. The van der Waals surface area contributed by atoms with Crippen LogP contribution in [0.15, 0.2) is 30.7 Å². The van der Waals surface area contributed by atoms with Crippen LogP contribution in [-0.2, 0) is 15.8 Å². The standard InChI is InChI=1S/C18H18F3N7O2/c1-3-13(11-5-4-9(6-23-11)18(19,20)21)28(2)17(30)16(29)26-12-8-24-15(22)10-7-25-27-14(10)12/h4-8,13H,3H2,1-2H3,(H2,22,24)(H,25,27)(H,26,29). The van der Waals surface area contributed by atoms with Crippen molar-refractivity contribution < 1.29 is 22.8 Å². The number of H-pyrrole nitrogens is 1. The highest BCUT2D eigenvalue weighted by Gasteiger charge is 2.32. The van der Waals surface area contributed by atoms with Gasteiger partial charge in [0.1, 0.15) is 5.82 Å². The number of halogens is 3. The van der Waals surface area contributed by atoms with E-state index in [1.54, 1.807) is 6.92 Å². The second-order valence-corrected chi connectivity index (χ2v) is 6.48. The predicted octanol–water partition coefficient (Wildman–Crippen LogP) is 2.50. The largest absolute Gasteiger partial charge is 0.417 e. The number of aromatic amines is 1. The first kappa shape index (κ1) is 21.0. The van der Waals surface area contributed by atoms with E-state index in [1.165, 1.54) is 25.5 Å². The Morgan fingerprint density at radius 3 is 2.57 bits per heavy atom. The lowest BCUT2D eigenvalue weighted by Crippen LogP contribution is -2.39. The summed E-state index contributed by atoms with van der Waals surface area (Å²) in [5.74, 6) is -1.64. The van der Waals surface area contributed by atoms with Crippen LogP contribution in [0.1, 0.15) is 30.6 Å². The number of pyridine rings is 2. The summed E-state index contributed by atoms with van der Waals surface area (Å²) < 4.78 is 38.2. The van der Waals surface area contributed by atoms with Crippen LogP contribution in [0.2, 0.25) is 0 Å². The molecule has 0 aliphatic rings. The maximum absolute atomic E-state index is 12.7. The van der Waals surface area contributed by atoms with Crippen LogP contribution < -0.4 is 11.1 Å². The summed E-state index contributed by atoms with van der Waals surface area (Å²) in [4.78, 5) is 34.0. The Morgan fingerprint density at radius 2 is 1.97 bits per heavy atom. The molecule has 0 fully saturated rings. The number of hydrogen-bond acceptors (Lipinski definition) is 6. The molecular weight excluding hydrogens is 403 g/mol. The molecule has 0 saturated carbocycles. The molecule has 0 spiro atoms. The number of aromatic nitrogens is 4. The predicted molar refractivity (Wildman–Crippen MR) is 102 cm³/mol. The molecule has 0 bridgehead atoms. The first-order valence-electron chi connectivity index (χ1n) is 8.82. The summed E-state index contributed by atoms with van der Waals surface area (Å²) in [6.45, 7) is 1.73. The fourth-order valence-electron chi connectivity index (χ4n) is 2.98. The summed E-state index contributed by atoms with van der Waals surface area (Å²) in [6.07, 6.45) is -0.756. The number of carbonyl (C=O) groups is 2. The van der Waals surface area contributed by atoms with E-state index in [0.29, 0.717) is 23.5 Å². The highest BCUT2D eigenvalue weighted by atomic mass is 19.4. The molecule has 0 saturated heterocycles. The number of likely N-dealkylation sites (N-methyl/N-ethyl adjacent to an activating group) is 1. The maximum Gasteiger partial charge on any atom is 0.417 e. The Morgan fingerprint density at radius 1 is 1.23 bits per heavy atom. The molecule has 12 heteroatoms. The highest BCUT2D eigenvalue weighted by Crippen LogP contribution is 2.30. The van der Waals surface area contributed by atoms with Gasteiger partial charge in [-0.15, -0.1) is 0 Å². The summed E-state index contributed by atoms with van der Waals surface area (Å²) >= 11 is 0. The van der Waals surface area contributed by atoms with Crippen molar-refractivity contribution in [3.8, 4) is 0 Å². The summed E-state index contributed by atoms with van der Waals surface area (Å²) in [5, 5.41) is 9.43. The normalized spacial score (nSPS) is 12.6. The van der Waals surface area contributed by atoms with Gasteiger partial charge in [0.2, 0.25) is 0 Å². The fraction of sp³-hybridized carbons (Fsp3) is 0.278. The van der Waals surface area contributed by atoms with E-state index in [2.05, 4.69) is 25.5 Å². The van der Waals surface area contributed by atoms with Crippen LogP contribution in [0, 0.1) is 0 Å². The number of nitrogens with one attached hydrogen (secondary N) is 2. The molecule has 2 amide bonds. The van der Waals surface area contributed by atoms with Crippen molar-refractivity contribution in [2.24, 2.45) is 0 Å². The van der Waals surface area contributed by atoms with E-state index in [9.17, 15) is 22.8 Å². The molecule has 1 unspecified atom stereocenters. The topological polar surface area (TPSA) is 130 Å². The van der Waals surface area contributed by atoms with Gasteiger partial charge < -0.3 is 16.0 Å². The number of hydrogen-bond donors (Lipinski definition) is 3. The fourth-order valence-corrected chi connectivity index (χ4v) is 2.98. The van der Waals surface area contributed by atoms with E-state index in [4.69, 9.17) is 5.73 Å². The molecule has 9 nitrogen and oxygen atoms in total. The molecule has 3 aromatic rings. The van der Waals surface area contributed by atoms with Gasteiger partial charge in [-0.1, -0.05) is 6.92 Å². The van der Waals surface area contributed by atoms with Crippen molar-refractivity contribution in [1.82, 2.24) is 25.1 Å². The second kappa shape index (κ2) is 7.97. The smallest absolute Gasteiger partial charge is 0.383 e. The van der Waals surface area contributed by atoms with E-state index < -0.39 is 29.6 Å². The Balaban J connectivity index is 1.78. The number of carbonyl (C=O) groups excluding carboxylic acids is 2. The highest BCUT2D eigenvalue weighted by molar-refractivity contribution is 6.40. The monoisotopic (exact) mass is 421 g/mol. The molecule has 0 aliphatic heterocycles. The van der Waals surface area contributed by atoms with Crippen LogP contribution in [-0.4, -0.2) is 43.9 Å². The maximum atomic E-state index is 12.7. The molecule has 0 aromatic carbocycles. The van der Waals surface area contributed by atoms with Gasteiger partial charge in [-0.05, 0) is 18.6 Å². The molecule has 0 aliphatic carbocycles. The first-order chi connectivity index (χ1) is 14.1. The van der Waals surface area contributed by atoms with Crippen LogP contribution in [0.5, 0.6) is 0 Å². The van der Waals surface area contributed by atoms with Crippen LogP contribution in [0.3, 0.4) is 0 Å². The van der Waals surface area contributed by atoms with Crippen molar-refractivity contribution >= 4 is 34.2 Å². The van der Waals surface area contributed by atoms with Gasteiger partial charge in [0.05, 0.1) is 46.3 Å². The van der Waals surface area contributed by atoms with E-state index >= 15 is 0 Å². The molecule has 0 radical (unpaired) electrons. The molecule has 30 heavy (non-hydrogen) atoms. The number of nitrogens with zero attached hydrogens (tertiary/aromatic N) is 4. The van der Waals surface area contributed by atoms with Crippen molar-refractivity contribution in [2.45, 2.75) is 25.6 Å². The lowest BCUT2D eigenvalue weighted by Gasteiger charge is -2.26. The zero-order valence-electron chi connectivity index (χ0n) is 16.0. The third kappa shape index (κ3) is 4.02. The number of alkyl halides is 3. The zero-order valence-corrected chi connectivity index (χ0v) is 16.0. The van der Waals surface area contributed by atoms with Gasteiger partial charge in [-0.3, -0.25) is 19.7 Å². The van der Waals surface area contributed by atoms with Gasteiger partial charge >= 0.3 is 18.0 Å². The number of rotatable bonds is 4. The Hall–Kier alpha value is -3.70. The Labute approximate surface area is 168 Å². The van der Waals surface area contributed by atoms with Crippen LogP contribution in [0.4, 0.5) is 24.7 Å². The number of nitrogens with two attached hydrogens (primary N) is 1. The molecule has 3 aromatic heterocycles. The van der Waals surface area contributed by atoms with Gasteiger partial charge in [0.15, 0.2) is 0 Å². The van der Waals surface area contributed by atoms with Crippen molar-refractivity contribution in [1.29, 1.82) is 0 Å². The Bertz CT molecular complexity index is 1080. The van der Waals surface area contributed by atoms with E-state index in [1.807, 2.05) is 0 Å². The third-order valence-corrected chi connectivity index (χ3v) is 4.59. The minimum atomic E-state index is -4.51. The van der Waals surface area contributed by atoms with Crippen molar-refractivity contribution in [3.05, 3.63) is 42.0 Å². The Kier molecular flexibility index (Phi) is 5.58. The number of anilines is 2. The summed E-state index contributed by atoms with van der Waals surface area (Å²) in [5.41, 5.74) is 5.69. The summed E-state index contributed by atoms with van der Waals surface area (Å²) in [7, 11) is 1.38. The average molecular weight is 421 g/mol. The molecule has 4 N–H and O–H groups in total. The summed E-state index contributed by atoms with van der Waals surface area (Å²) in [6, 6.07) is 1.39. The van der Waals surface area contributed by atoms with Gasteiger partial charge in [0, 0.05) is 13.2 Å². The van der Waals surface area contributed by atoms with Crippen molar-refractivity contribution in [2.75, 3.05) is 18.1 Å². The zero-order chi connectivity index (χ0) is 22.1. The number of fused-ring (bicyclic) bond motifs is 1. The number of nitrogen functional groups attached to an aromatic ring is 1. The van der Waals surface area contributed by atoms with Crippen LogP contribution >= 0.6 is 0 Å². The quantitative estimate of drug-likeness (QED) is 0.555. The lowest BCUT2D eigenvalue weighted by molar-refractivity contribution is -0.143.